The van der Waals surface area contributed by atoms with Crippen molar-refractivity contribution < 1.29 is 27.1 Å². The molecule has 3 unspecified atom stereocenters. The summed E-state index contributed by atoms with van der Waals surface area (Å²) < 4.78 is 58.2. The van der Waals surface area contributed by atoms with Crippen LogP contribution >= 0.6 is 11.6 Å². The zero-order valence-corrected chi connectivity index (χ0v) is 17.7. The van der Waals surface area contributed by atoms with Gasteiger partial charge in [0.1, 0.15) is 17.6 Å². The molecule has 3 atom stereocenters. The minimum Gasteiger partial charge on any atom is -0.497 e. The Morgan fingerprint density at radius 1 is 1.16 bits per heavy atom. The number of aliphatic imine (C=N–C) groups is 1. The second-order valence-electron chi connectivity index (χ2n) is 7.07. The van der Waals surface area contributed by atoms with Crippen LogP contribution in [0.15, 0.2) is 47.5 Å². The number of anilines is 1. The summed E-state index contributed by atoms with van der Waals surface area (Å²) in [6.07, 6.45) is -5.43. The van der Waals surface area contributed by atoms with Gasteiger partial charge in [0.2, 0.25) is 5.96 Å². The number of hydrogen-bond acceptors (Lipinski definition) is 4. The summed E-state index contributed by atoms with van der Waals surface area (Å²) in [6, 6.07) is 7.84. The Labute approximate surface area is 186 Å². The third-order valence-electron chi connectivity index (χ3n) is 4.77. The molecule has 1 saturated heterocycles. The van der Waals surface area contributed by atoms with Crippen LogP contribution in [0.4, 0.5) is 23.2 Å². The number of hydrazine groups is 1. The van der Waals surface area contributed by atoms with E-state index >= 15 is 0 Å². The predicted octanol–water partition coefficient (Wildman–Crippen LogP) is 3.69. The maximum atomic E-state index is 13.7. The first-order valence-corrected chi connectivity index (χ1v) is 9.79. The molecule has 1 aliphatic rings. The van der Waals surface area contributed by atoms with Gasteiger partial charge < -0.3 is 15.4 Å². The minimum absolute atomic E-state index is 0.0829. The Morgan fingerprint density at radius 2 is 1.84 bits per heavy atom. The average molecular weight is 474 g/mol. The van der Waals surface area contributed by atoms with Gasteiger partial charge in [0.25, 0.3) is 5.91 Å². The standard InChI is InChI=1S/C20H20ClF4N5O2/c1-10-16(20(23,24)25)29-30-17(10)27-19(26-14-8-12(21)7-13(22)9-14)28-18(31)11-3-5-15(32-2)6-4-11/h3-10,16-17,29-30H,1-2H3,(H2,26,27,28,31). The van der Waals surface area contributed by atoms with Crippen LogP contribution in [0.3, 0.4) is 0 Å². The van der Waals surface area contributed by atoms with Crippen LogP contribution in [0.25, 0.3) is 0 Å². The highest BCUT2D eigenvalue weighted by Crippen LogP contribution is 2.29. The van der Waals surface area contributed by atoms with Gasteiger partial charge >= 0.3 is 6.18 Å². The zero-order valence-electron chi connectivity index (χ0n) is 16.9. The molecule has 2 aromatic carbocycles. The van der Waals surface area contributed by atoms with Crippen LogP contribution in [-0.4, -0.2) is 37.4 Å². The zero-order chi connectivity index (χ0) is 23.5. The number of carbonyl (C=O) groups is 1. The molecule has 7 nitrogen and oxygen atoms in total. The molecule has 0 bridgehead atoms. The van der Waals surface area contributed by atoms with E-state index in [2.05, 4.69) is 26.5 Å². The summed E-state index contributed by atoms with van der Waals surface area (Å²) in [5.74, 6) is -1.96. The molecule has 1 fully saturated rings. The normalized spacial score (nSPS) is 21.3. The highest BCUT2D eigenvalue weighted by Gasteiger charge is 2.49. The molecular weight excluding hydrogens is 454 g/mol. The Balaban J connectivity index is 1.86. The third kappa shape index (κ3) is 5.87. The van der Waals surface area contributed by atoms with Crippen LogP contribution in [0.5, 0.6) is 5.75 Å². The smallest absolute Gasteiger partial charge is 0.405 e. The lowest BCUT2D eigenvalue weighted by atomic mass is 10.0. The Kier molecular flexibility index (Phi) is 7.22. The number of carbonyl (C=O) groups excluding carboxylic acids is 1. The van der Waals surface area contributed by atoms with Gasteiger partial charge in [-0.2, -0.15) is 18.2 Å². The second-order valence-corrected chi connectivity index (χ2v) is 7.50. The van der Waals surface area contributed by atoms with Crippen molar-refractivity contribution >= 4 is 29.2 Å². The fraction of sp³-hybridized carbons (Fsp3) is 0.300. The van der Waals surface area contributed by atoms with Crippen LogP contribution in [-0.2, 0) is 0 Å². The van der Waals surface area contributed by atoms with Crippen molar-refractivity contribution in [3.8, 4) is 5.75 Å². The van der Waals surface area contributed by atoms with Crippen molar-refractivity contribution in [2.24, 2.45) is 10.9 Å². The van der Waals surface area contributed by atoms with Crippen molar-refractivity contribution in [3.63, 3.8) is 0 Å². The molecular formula is C20H20ClF4N5O2. The van der Waals surface area contributed by atoms with Gasteiger partial charge in [-0.05, 0) is 42.5 Å². The number of methoxy groups -OCH3 is 1. The van der Waals surface area contributed by atoms with E-state index in [4.69, 9.17) is 16.3 Å². The first-order valence-electron chi connectivity index (χ1n) is 9.41. The summed E-state index contributed by atoms with van der Waals surface area (Å²) in [5, 5.41) is 5.52. The summed E-state index contributed by atoms with van der Waals surface area (Å²) >= 11 is 5.86. The number of halogens is 5. The number of benzene rings is 2. The molecule has 172 valence electrons. The Morgan fingerprint density at radius 3 is 2.41 bits per heavy atom. The van der Waals surface area contributed by atoms with E-state index in [1.54, 1.807) is 12.1 Å². The molecule has 0 saturated carbocycles. The number of guanidine groups is 1. The van der Waals surface area contributed by atoms with E-state index in [1.807, 2.05) is 0 Å². The van der Waals surface area contributed by atoms with Crippen molar-refractivity contribution in [1.29, 1.82) is 0 Å². The van der Waals surface area contributed by atoms with Gasteiger partial charge in [-0.1, -0.05) is 18.5 Å². The van der Waals surface area contributed by atoms with Gasteiger partial charge in [0.05, 0.1) is 13.3 Å². The molecule has 0 radical (unpaired) electrons. The summed E-state index contributed by atoms with van der Waals surface area (Å²) in [7, 11) is 1.48. The quantitative estimate of drug-likeness (QED) is 0.308. The number of amides is 1. The number of ether oxygens (including phenoxy) is 1. The number of alkyl halides is 3. The fourth-order valence-corrected chi connectivity index (χ4v) is 3.31. The molecule has 0 spiro atoms. The lowest BCUT2D eigenvalue weighted by Gasteiger charge is -2.23. The van der Waals surface area contributed by atoms with Gasteiger partial charge in [0, 0.05) is 22.2 Å². The van der Waals surface area contributed by atoms with Crippen molar-refractivity contribution in [2.75, 3.05) is 12.4 Å². The van der Waals surface area contributed by atoms with Crippen LogP contribution in [0.1, 0.15) is 17.3 Å². The summed E-state index contributed by atoms with van der Waals surface area (Å²) in [4.78, 5) is 16.6. The third-order valence-corrected chi connectivity index (χ3v) is 4.98. The molecule has 32 heavy (non-hydrogen) atoms. The van der Waals surface area contributed by atoms with E-state index in [1.165, 1.54) is 32.2 Å². The monoisotopic (exact) mass is 473 g/mol. The Bertz CT molecular complexity index is 980. The van der Waals surface area contributed by atoms with Gasteiger partial charge in [-0.25, -0.2) is 15.2 Å². The molecule has 4 N–H and O–H groups in total. The van der Waals surface area contributed by atoms with Gasteiger partial charge in [-0.15, -0.1) is 0 Å². The number of nitrogens with zero attached hydrogens (tertiary/aromatic N) is 1. The van der Waals surface area contributed by atoms with Crippen molar-refractivity contribution in [3.05, 3.63) is 58.9 Å². The van der Waals surface area contributed by atoms with Crippen LogP contribution in [0.2, 0.25) is 5.02 Å². The topological polar surface area (TPSA) is 86.8 Å². The molecule has 12 heteroatoms. The van der Waals surface area contributed by atoms with E-state index in [0.29, 0.717) is 5.75 Å². The summed E-state index contributed by atoms with van der Waals surface area (Å²) in [5.41, 5.74) is 5.04. The van der Waals surface area contributed by atoms with Crippen LogP contribution < -0.4 is 26.2 Å². The lowest BCUT2D eigenvalue weighted by Crippen LogP contribution is -2.49. The van der Waals surface area contributed by atoms with E-state index in [9.17, 15) is 22.4 Å². The van der Waals surface area contributed by atoms with Crippen molar-refractivity contribution in [2.45, 2.75) is 25.3 Å². The number of nitrogens with one attached hydrogen (secondary N) is 4. The fourth-order valence-electron chi connectivity index (χ4n) is 3.09. The molecule has 0 aromatic heterocycles. The van der Waals surface area contributed by atoms with E-state index in [0.717, 1.165) is 12.1 Å². The Hall–Kier alpha value is -2.89. The van der Waals surface area contributed by atoms with E-state index in [-0.39, 0.29) is 22.2 Å². The predicted molar refractivity (Wildman–Crippen MR) is 112 cm³/mol. The van der Waals surface area contributed by atoms with Crippen LogP contribution in [0, 0.1) is 11.7 Å². The number of rotatable bonds is 4. The van der Waals surface area contributed by atoms with Crippen molar-refractivity contribution in [1.82, 2.24) is 16.2 Å². The van der Waals surface area contributed by atoms with Gasteiger partial charge in [-0.3, -0.25) is 4.79 Å². The maximum absolute atomic E-state index is 13.7. The highest BCUT2D eigenvalue weighted by atomic mass is 35.5. The number of hydrogen-bond donors (Lipinski definition) is 4. The highest BCUT2D eigenvalue weighted by molar-refractivity contribution is 6.31. The summed E-state index contributed by atoms with van der Waals surface area (Å²) in [6.45, 7) is 1.38. The lowest BCUT2D eigenvalue weighted by molar-refractivity contribution is -0.160. The molecule has 0 aliphatic carbocycles. The first-order chi connectivity index (χ1) is 15.1. The molecule has 1 amide bonds. The van der Waals surface area contributed by atoms with Gasteiger partial charge in [0.15, 0.2) is 0 Å². The minimum atomic E-state index is -4.48. The van der Waals surface area contributed by atoms with E-state index < -0.39 is 36.0 Å². The molecule has 3 rings (SSSR count). The SMILES string of the molecule is COc1ccc(C(=O)/N=C(/Nc2cc(F)cc(Cl)c2)NC2NNC(C(F)(F)F)C2C)cc1. The maximum Gasteiger partial charge on any atom is 0.405 e. The largest absolute Gasteiger partial charge is 0.497 e. The molecule has 2 aromatic rings. The molecule has 1 aliphatic heterocycles. The average Bonchev–Trinajstić information content (AvgIpc) is 3.07. The molecule has 1 heterocycles. The first kappa shape index (κ1) is 23.8. The second kappa shape index (κ2) is 9.72.